The molecule has 3 heteroatoms. The summed E-state index contributed by atoms with van der Waals surface area (Å²) in [6.45, 7) is 6.17. The first-order chi connectivity index (χ1) is 8.09. The molecule has 1 atom stereocenters. The molecule has 1 aliphatic heterocycles. The van der Waals surface area contributed by atoms with Crippen LogP contribution in [0.15, 0.2) is 12.1 Å². The molecule has 94 valence electrons. The number of benzene rings is 1. The molecule has 2 N–H and O–H groups in total. The highest BCUT2D eigenvalue weighted by molar-refractivity contribution is 6.30. The van der Waals surface area contributed by atoms with Gasteiger partial charge >= 0.3 is 0 Å². The third kappa shape index (κ3) is 2.75. The van der Waals surface area contributed by atoms with Gasteiger partial charge in [0.2, 0.25) is 0 Å². The Balaban J connectivity index is 2.38. The first-order valence-electron chi connectivity index (χ1n) is 6.32. The van der Waals surface area contributed by atoms with Crippen LogP contribution >= 0.6 is 11.6 Å². The Kier molecular flexibility index (Phi) is 3.95. The van der Waals surface area contributed by atoms with E-state index < -0.39 is 0 Å². The van der Waals surface area contributed by atoms with E-state index in [0.717, 1.165) is 42.1 Å². The van der Waals surface area contributed by atoms with Crippen molar-refractivity contribution in [2.45, 2.75) is 38.5 Å². The van der Waals surface area contributed by atoms with Gasteiger partial charge in [0.05, 0.1) is 0 Å². The number of nitrogens with one attached hydrogen (secondary N) is 1. The summed E-state index contributed by atoms with van der Waals surface area (Å²) in [5.41, 5.74) is 1.96. The minimum atomic E-state index is 0.295. The molecule has 2 rings (SSSR count). The van der Waals surface area contributed by atoms with Crippen molar-refractivity contribution in [3.05, 3.63) is 28.3 Å². The Hall–Kier alpha value is -0.730. The second-order valence-electron chi connectivity index (χ2n) is 5.13. The molecule has 0 spiro atoms. The number of hydrogen-bond donors (Lipinski definition) is 2. The van der Waals surface area contributed by atoms with Gasteiger partial charge in [-0.1, -0.05) is 25.4 Å². The minimum absolute atomic E-state index is 0.295. The summed E-state index contributed by atoms with van der Waals surface area (Å²) in [4.78, 5) is 0. The summed E-state index contributed by atoms with van der Waals surface area (Å²) in [7, 11) is 0. The second kappa shape index (κ2) is 5.28. The van der Waals surface area contributed by atoms with Crippen LogP contribution < -0.4 is 5.32 Å². The molecule has 1 fully saturated rings. The average molecular weight is 254 g/mol. The lowest BCUT2D eigenvalue weighted by molar-refractivity contribution is 0.420. The predicted octanol–water partition coefficient (Wildman–Crippen LogP) is 3.64. The van der Waals surface area contributed by atoms with Crippen LogP contribution in [0.25, 0.3) is 0 Å². The molecule has 0 amide bonds. The molecule has 2 nitrogen and oxygen atoms in total. The Bertz CT molecular complexity index is 397. The van der Waals surface area contributed by atoms with Crippen molar-refractivity contribution < 1.29 is 5.11 Å². The standard InChI is InChI=1S/C14H20ClNO/c1-9(2)12-6-11(15)7-13(14(12)17)10-4-3-5-16-8-10/h6-7,9-10,16-17H,3-5,8H2,1-2H3. The number of rotatable bonds is 2. The zero-order valence-corrected chi connectivity index (χ0v) is 11.2. The first kappa shape index (κ1) is 12.7. The number of phenols is 1. The molecule has 1 aromatic rings. The number of aromatic hydroxyl groups is 1. The monoisotopic (exact) mass is 253 g/mol. The fourth-order valence-electron chi connectivity index (χ4n) is 2.51. The van der Waals surface area contributed by atoms with Crippen LogP contribution in [0, 0.1) is 0 Å². The molecule has 1 aliphatic rings. The summed E-state index contributed by atoms with van der Waals surface area (Å²) < 4.78 is 0. The molecule has 0 bridgehead atoms. The Morgan fingerprint density at radius 2 is 2.18 bits per heavy atom. The SMILES string of the molecule is CC(C)c1cc(Cl)cc(C2CCCNC2)c1O. The number of piperidine rings is 1. The van der Waals surface area contributed by atoms with Gasteiger partial charge in [-0.3, -0.25) is 0 Å². The maximum atomic E-state index is 10.3. The Labute approximate surface area is 108 Å². The highest BCUT2D eigenvalue weighted by Gasteiger charge is 2.21. The second-order valence-corrected chi connectivity index (χ2v) is 5.57. The van der Waals surface area contributed by atoms with E-state index in [1.165, 1.54) is 0 Å². The minimum Gasteiger partial charge on any atom is -0.507 e. The zero-order valence-electron chi connectivity index (χ0n) is 10.5. The molecular weight excluding hydrogens is 234 g/mol. The van der Waals surface area contributed by atoms with E-state index in [1.54, 1.807) is 0 Å². The number of halogens is 1. The summed E-state index contributed by atoms with van der Waals surface area (Å²) >= 11 is 6.15. The quantitative estimate of drug-likeness (QED) is 0.844. The molecular formula is C14H20ClNO. The maximum absolute atomic E-state index is 10.3. The Morgan fingerprint density at radius 3 is 2.76 bits per heavy atom. The van der Waals surface area contributed by atoms with E-state index in [4.69, 9.17) is 11.6 Å². The molecule has 1 aromatic carbocycles. The van der Waals surface area contributed by atoms with Gasteiger partial charge in [0.25, 0.3) is 0 Å². The van der Waals surface area contributed by atoms with Crippen molar-refractivity contribution in [1.82, 2.24) is 5.32 Å². The molecule has 17 heavy (non-hydrogen) atoms. The molecule has 1 heterocycles. The molecule has 0 saturated carbocycles. The van der Waals surface area contributed by atoms with Crippen LogP contribution in [-0.2, 0) is 0 Å². The van der Waals surface area contributed by atoms with Crippen molar-refractivity contribution in [1.29, 1.82) is 0 Å². The molecule has 0 radical (unpaired) electrons. The summed E-state index contributed by atoms with van der Waals surface area (Å²) in [6, 6.07) is 3.79. The largest absolute Gasteiger partial charge is 0.507 e. The van der Waals surface area contributed by atoms with Crippen molar-refractivity contribution in [2.24, 2.45) is 0 Å². The van der Waals surface area contributed by atoms with Gasteiger partial charge in [0.1, 0.15) is 5.75 Å². The van der Waals surface area contributed by atoms with Crippen LogP contribution in [0.5, 0.6) is 5.75 Å². The lowest BCUT2D eigenvalue weighted by atomic mass is 9.88. The van der Waals surface area contributed by atoms with Crippen LogP contribution in [-0.4, -0.2) is 18.2 Å². The van der Waals surface area contributed by atoms with E-state index in [0.29, 0.717) is 17.6 Å². The predicted molar refractivity (Wildman–Crippen MR) is 72.1 cm³/mol. The number of phenolic OH excluding ortho intramolecular Hbond substituents is 1. The van der Waals surface area contributed by atoms with Crippen LogP contribution in [0.1, 0.15) is 49.7 Å². The van der Waals surface area contributed by atoms with Gasteiger partial charge in [-0.25, -0.2) is 0 Å². The highest BCUT2D eigenvalue weighted by Crippen LogP contribution is 2.38. The molecule has 1 unspecified atom stereocenters. The van der Waals surface area contributed by atoms with E-state index in [2.05, 4.69) is 19.2 Å². The molecule has 1 saturated heterocycles. The van der Waals surface area contributed by atoms with E-state index in [-0.39, 0.29) is 0 Å². The fourth-order valence-corrected chi connectivity index (χ4v) is 2.75. The van der Waals surface area contributed by atoms with Gasteiger partial charge in [-0.15, -0.1) is 0 Å². The zero-order chi connectivity index (χ0) is 12.4. The smallest absolute Gasteiger partial charge is 0.122 e. The van der Waals surface area contributed by atoms with E-state index in [1.807, 2.05) is 12.1 Å². The van der Waals surface area contributed by atoms with Crippen molar-refractivity contribution in [3.8, 4) is 5.75 Å². The third-order valence-corrected chi connectivity index (χ3v) is 3.71. The normalized spacial score (nSPS) is 20.8. The Morgan fingerprint density at radius 1 is 1.41 bits per heavy atom. The van der Waals surface area contributed by atoms with E-state index in [9.17, 15) is 5.11 Å². The fraction of sp³-hybridized carbons (Fsp3) is 0.571. The third-order valence-electron chi connectivity index (χ3n) is 3.49. The van der Waals surface area contributed by atoms with Crippen molar-refractivity contribution >= 4 is 11.6 Å². The summed E-state index contributed by atoms with van der Waals surface area (Å²) in [6.07, 6.45) is 2.28. The van der Waals surface area contributed by atoms with Crippen LogP contribution in [0.2, 0.25) is 5.02 Å². The summed E-state index contributed by atoms with van der Waals surface area (Å²) in [5, 5.41) is 14.5. The molecule has 0 aliphatic carbocycles. The van der Waals surface area contributed by atoms with Crippen molar-refractivity contribution in [3.63, 3.8) is 0 Å². The van der Waals surface area contributed by atoms with Gasteiger partial charge in [0.15, 0.2) is 0 Å². The van der Waals surface area contributed by atoms with Crippen LogP contribution in [0.4, 0.5) is 0 Å². The summed E-state index contributed by atoms with van der Waals surface area (Å²) in [5.74, 6) is 1.13. The highest BCUT2D eigenvalue weighted by atomic mass is 35.5. The van der Waals surface area contributed by atoms with Gasteiger partial charge in [0, 0.05) is 17.5 Å². The van der Waals surface area contributed by atoms with Gasteiger partial charge in [-0.05, 0) is 48.6 Å². The topological polar surface area (TPSA) is 32.3 Å². The van der Waals surface area contributed by atoms with E-state index >= 15 is 0 Å². The van der Waals surface area contributed by atoms with Crippen LogP contribution in [0.3, 0.4) is 0 Å². The van der Waals surface area contributed by atoms with Gasteiger partial charge in [-0.2, -0.15) is 0 Å². The lowest BCUT2D eigenvalue weighted by Crippen LogP contribution is -2.28. The molecule has 0 aromatic heterocycles. The average Bonchev–Trinajstić information content (AvgIpc) is 2.32. The van der Waals surface area contributed by atoms with Crippen molar-refractivity contribution in [2.75, 3.05) is 13.1 Å². The lowest BCUT2D eigenvalue weighted by Gasteiger charge is -2.25. The van der Waals surface area contributed by atoms with Gasteiger partial charge < -0.3 is 10.4 Å². The maximum Gasteiger partial charge on any atom is 0.122 e. The first-order valence-corrected chi connectivity index (χ1v) is 6.70. The number of hydrogen-bond acceptors (Lipinski definition) is 2.